The van der Waals surface area contributed by atoms with E-state index in [0.717, 1.165) is 61.9 Å². The van der Waals surface area contributed by atoms with Crippen molar-refractivity contribution in [2.24, 2.45) is 0 Å². The van der Waals surface area contributed by atoms with Crippen LogP contribution in [0.4, 0.5) is 0 Å². The Kier molecular flexibility index (Phi) is 63.8. The van der Waals surface area contributed by atoms with Crippen LogP contribution in [0.2, 0.25) is 10.8 Å². The molecule has 0 spiro atoms. The van der Waals surface area contributed by atoms with Crippen LogP contribution < -0.4 is 0 Å². The summed E-state index contributed by atoms with van der Waals surface area (Å²) in [5, 5.41) is 2.87. The van der Waals surface area contributed by atoms with Crippen LogP contribution >= 0.6 is 0 Å². The molecule has 0 saturated carbocycles. The molecule has 0 fully saturated rings. The Hall–Kier alpha value is -2.25. The number of benzene rings is 2. The van der Waals surface area contributed by atoms with Crippen LogP contribution in [0, 0.1) is 6.92 Å². The smallest absolute Gasteiger partial charge is 0.0654 e. The number of allylic oxidation sites excluding steroid dienone is 4. The number of hydrogen-bond acceptors (Lipinski definition) is 0. The molecule has 540 valence electrons. The molecule has 3 heteroatoms. The predicted molar refractivity (Wildman–Crippen MR) is 417 cm³/mol. The molecule has 0 aliphatic carbocycles. The van der Waals surface area contributed by atoms with Gasteiger partial charge in [-0.3, -0.25) is 0 Å². The number of unbranched alkanes of at least 4 members (excludes halogenated alkanes) is 55. The maximum absolute atomic E-state index is 11.9. The summed E-state index contributed by atoms with van der Waals surface area (Å²) >= 11 is 2.05. The number of aryl methyl sites for hydroxylation is 2. The summed E-state index contributed by atoms with van der Waals surface area (Å²) in [5.41, 5.74) is 21.4. The van der Waals surface area contributed by atoms with Gasteiger partial charge in [0.25, 0.3) is 0 Å². The Morgan fingerprint density at radius 3 is 0.968 bits per heavy atom. The Morgan fingerprint density at radius 1 is 0.301 bits per heavy atom. The quantitative estimate of drug-likeness (QED) is 0.0273. The fraction of sp³-hybridized carbons (Fsp3) is 0.800. The zero-order valence-corrected chi connectivity index (χ0v) is 64.6. The molecule has 2 aromatic carbocycles. The van der Waals surface area contributed by atoms with Crippen molar-refractivity contribution >= 4 is 11.4 Å². The molecule has 0 saturated heterocycles. The summed E-state index contributed by atoms with van der Waals surface area (Å²) in [7, 11) is 0. The van der Waals surface area contributed by atoms with Gasteiger partial charge in [-0.1, -0.05) is 307 Å². The number of nitrogens with zero attached hydrogens (tertiary/aromatic N) is 2. The average molecular weight is 1330 g/mol. The van der Waals surface area contributed by atoms with E-state index in [0.29, 0.717) is 0 Å². The monoisotopic (exact) mass is 1330 g/mol. The van der Waals surface area contributed by atoms with Gasteiger partial charge in [-0.2, -0.15) is 0 Å². The van der Waals surface area contributed by atoms with Crippen molar-refractivity contribution in [1.82, 2.24) is 0 Å². The third kappa shape index (κ3) is 49.8. The van der Waals surface area contributed by atoms with Crippen LogP contribution in [0.25, 0.3) is 16.9 Å². The van der Waals surface area contributed by atoms with E-state index in [9.17, 15) is 5.53 Å². The average Bonchev–Trinajstić information content (AvgIpc) is 1.66. The minimum absolute atomic E-state index is 0.987. The van der Waals surface area contributed by atoms with E-state index in [1.54, 1.807) is 4.70 Å². The number of hydrogen-bond donors (Lipinski definition) is 0. The van der Waals surface area contributed by atoms with Gasteiger partial charge in [-0.05, 0) is 75.6 Å². The molecule has 1 heterocycles. The van der Waals surface area contributed by atoms with Gasteiger partial charge in [-0.15, -0.1) is 0 Å². The van der Waals surface area contributed by atoms with Gasteiger partial charge in [0.15, 0.2) is 0 Å². The third-order valence-electron chi connectivity index (χ3n) is 20.3. The van der Waals surface area contributed by atoms with Crippen molar-refractivity contribution in [3.05, 3.63) is 99.6 Å². The van der Waals surface area contributed by atoms with Crippen molar-refractivity contribution < 1.29 is 19.1 Å². The molecule has 1 aliphatic rings. The van der Waals surface area contributed by atoms with E-state index in [1.165, 1.54) is 405 Å². The molecule has 2 aromatic rings. The first kappa shape index (κ1) is 86.8. The van der Waals surface area contributed by atoms with Gasteiger partial charge in [0.05, 0.1) is 0 Å². The van der Waals surface area contributed by atoms with E-state index in [-0.39, 0.29) is 0 Å². The molecule has 2 nitrogen and oxygen atoms in total. The van der Waals surface area contributed by atoms with Crippen LogP contribution in [-0.2, 0) is 20.9 Å². The van der Waals surface area contributed by atoms with Crippen LogP contribution in [-0.4, -0.2) is 4.70 Å². The second-order valence-electron chi connectivity index (χ2n) is 29.4. The van der Waals surface area contributed by atoms with Gasteiger partial charge < -0.3 is 5.53 Å². The summed E-state index contributed by atoms with van der Waals surface area (Å²) in [5.74, 6) is 0. The molecule has 1 aliphatic heterocycles. The fourth-order valence-corrected chi connectivity index (χ4v) is 15.5. The SMILES string of the molecule is CCCC=CCCc1ccccc1C1=C(CCCC)C(CCCCCC)=C(c2cccc(C)c2)[N+]1=[N-].CCCCCCCCCCCCCCCCCCCCCCCCCCC[CH2][Ni][CH2]CCCCCCCCCCCCCCCCCCCCCCCCCCC. The summed E-state index contributed by atoms with van der Waals surface area (Å²) < 4.78 is 1.54. The summed E-state index contributed by atoms with van der Waals surface area (Å²) in [6.07, 6.45) is 95.4. The summed E-state index contributed by atoms with van der Waals surface area (Å²) in [4.78, 5) is 0. The molecular formula is C90H160N2Ni. The third-order valence-corrected chi connectivity index (χ3v) is 21.7. The Morgan fingerprint density at radius 2 is 0.613 bits per heavy atom. The molecule has 0 aromatic heterocycles. The van der Waals surface area contributed by atoms with Gasteiger partial charge in [-0.25, -0.2) is 4.70 Å². The van der Waals surface area contributed by atoms with Crippen molar-refractivity contribution in [2.75, 3.05) is 0 Å². The van der Waals surface area contributed by atoms with Crippen molar-refractivity contribution in [2.45, 2.75) is 463 Å². The first-order chi connectivity index (χ1) is 46.0. The molecule has 0 bridgehead atoms. The Bertz CT molecular complexity index is 1970. The van der Waals surface area contributed by atoms with E-state index < -0.39 is 0 Å². The summed E-state index contributed by atoms with van der Waals surface area (Å²) in [6, 6.07) is 17.3. The molecule has 0 atom stereocenters. The molecule has 0 radical (unpaired) electrons. The van der Waals surface area contributed by atoms with Gasteiger partial charge in [0.2, 0.25) is 11.4 Å². The normalized spacial score (nSPS) is 12.6. The first-order valence-corrected chi connectivity index (χ1v) is 43.6. The predicted octanol–water partition coefficient (Wildman–Crippen LogP) is 32.8. The van der Waals surface area contributed by atoms with Crippen molar-refractivity contribution in [3.63, 3.8) is 0 Å². The number of rotatable bonds is 69. The van der Waals surface area contributed by atoms with Crippen molar-refractivity contribution in [3.8, 4) is 0 Å². The second kappa shape index (κ2) is 68.3. The van der Waals surface area contributed by atoms with Gasteiger partial charge in [0, 0.05) is 22.3 Å². The van der Waals surface area contributed by atoms with E-state index in [1.807, 2.05) is 0 Å². The molecular weight excluding hydrogens is 1170 g/mol. The van der Waals surface area contributed by atoms with Gasteiger partial charge >= 0.3 is 166 Å². The summed E-state index contributed by atoms with van der Waals surface area (Å²) in [6.45, 7) is 13.5. The van der Waals surface area contributed by atoms with E-state index in [4.69, 9.17) is 0 Å². The molecule has 0 amide bonds. The fourth-order valence-electron chi connectivity index (χ4n) is 14.3. The minimum Gasteiger partial charge on any atom is -0.0654 e. The molecule has 3 rings (SSSR count). The zero-order chi connectivity index (χ0) is 66.6. The molecule has 0 unspecified atom stereocenters. The van der Waals surface area contributed by atoms with Crippen LogP contribution in [0.1, 0.15) is 461 Å². The second-order valence-corrected chi connectivity index (χ2v) is 30.8. The van der Waals surface area contributed by atoms with E-state index >= 15 is 0 Å². The minimum atomic E-state index is 0.987. The van der Waals surface area contributed by atoms with Gasteiger partial charge in [0.1, 0.15) is 0 Å². The Balaban J connectivity index is 0.000000696. The van der Waals surface area contributed by atoms with Crippen LogP contribution in [0.3, 0.4) is 0 Å². The van der Waals surface area contributed by atoms with Crippen molar-refractivity contribution in [1.29, 1.82) is 0 Å². The topological polar surface area (TPSA) is 25.3 Å². The first-order valence-electron chi connectivity index (χ1n) is 42.2. The standard InChI is InChI=1S/C34H46N2.2C28H57.Ni/c1-5-8-11-13-14-20-28-21-16-17-24-30(28)34-32(23-10-7-3)31(25-15-12-9-6-2)33(36(34)35)29-22-18-19-27(4)26-29;2*1-3-5-7-9-11-13-15-17-19-21-23-25-27-28-26-24-22-20-18-16-14-12-10-8-6-4-2;/h11,13,16-19,21-22,24,26H,5-10,12,14-15,20,23,25H2,1-4H3;2*1,3-28H2,2H3;. The van der Waals surface area contributed by atoms with Crippen LogP contribution in [0.15, 0.2) is 71.8 Å². The van der Waals surface area contributed by atoms with Crippen LogP contribution in [0.5, 0.6) is 0 Å². The maximum atomic E-state index is 11.9. The molecule has 93 heavy (non-hydrogen) atoms. The Labute approximate surface area is 589 Å². The zero-order valence-electron chi connectivity index (χ0n) is 63.7. The van der Waals surface area contributed by atoms with E-state index in [2.05, 4.69) is 117 Å². The molecule has 0 N–H and O–H groups in total.